The van der Waals surface area contributed by atoms with Gasteiger partial charge in [0.2, 0.25) is 5.91 Å². The lowest BCUT2D eigenvalue weighted by molar-refractivity contribution is -0.132. The summed E-state index contributed by atoms with van der Waals surface area (Å²) in [6, 6.07) is 8.49. The molecule has 0 N–H and O–H groups in total. The molecule has 0 spiro atoms. The molecule has 2 aromatic rings. The Morgan fingerprint density at radius 1 is 1.23 bits per heavy atom. The number of benzene rings is 1. The Balaban J connectivity index is 1.60. The molecule has 0 radical (unpaired) electrons. The lowest BCUT2D eigenvalue weighted by Crippen LogP contribution is -2.49. The Bertz CT molecular complexity index is 784. The quantitative estimate of drug-likeness (QED) is 0.752. The topological polar surface area (TPSA) is 41.4 Å². The normalized spacial score (nSPS) is 14.8. The van der Waals surface area contributed by atoms with Gasteiger partial charge in [0.25, 0.3) is 0 Å². The first-order valence-corrected chi connectivity index (χ1v) is 10.0. The molecule has 0 saturated carbocycles. The summed E-state index contributed by atoms with van der Waals surface area (Å²) >= 11 is 1.73. The largest absolute Gasteiger partial charge is 0.368 e. The second kappa shape index (κ2) is 8.12. The van der Waals surface area contributed by atoms with Gasteiger partial charge in [0.15, 0.2) is 0 Å². The molecule has 26 heavy (non-hydrogen) atoms. The molecule has 3 rings (SSSR count). The molecule has 1 fully saturated rings. The van der Waals surface area contributed by atoms with Gasteiger partial charge in [-0.1, -0.05) is 6.07 Å². The zero-order chi connectivity index (χ0) is 18.7. The van der Waals surface area contributed by atoms with E-state index in [0.29, 0.717) is 18.8 Å². The molecule has 0 bridgehead atoms. The summed E-state index contributed by atoms with van der Waals surface area (Å²) in [6.07, 6.45) is 2.07. The number of thioether (sulfide) groups is 1. The molecular weight excluding hydrogens is 351 g/mol. The fraction of sp³-hybridized carbons (Fsp3) is 0.474. The number of piperazine rings is 1. The Morgan fingerprint density at radius 3 is 2.58 bits per heavy atom. The summed E-state index contributed by atoms with van der Waals surface area (Å²) in [5.74, 6) is 0.0403. The number of rotatable bonds is 5. The summed E-state index contributed by atoms with van der Waals surface area (Å²) in [5, 5.41) is 4.23. The molecule has 1 aliphatic rings. The summed E-state index contributed by atoms with van der Waals surface area (Å²) in [6.45, 7) is 6.32. The maximum Gasteiger partial charge on any atom is 0.244 e. The third-order valence-corrected chi connectivity index (χ3v) is 5.79. The third-order valence-electron chi connectivity index (χ3n) is 5.07. The van der Waals surface area contributed by atoms with Gasteiger partial charge in [-0.15, -0.1) is 11.8 Å². The van der Waals surface area contributed by atoms with E-state index in [-0.39, 0.29) is 12.5 Å². The van der Waals surface area contributed by atoms with Crippen molar-refractivity contribution in [2.45, 2.75) is 32.0 Å². The molecule has 0 aliphatic carbocycles. The van der Waals surface area contributed by atoms with E-state index in [2.05, 4.69) is 40.5 Å². The number of hydrogen-bond acceptors (Lipinski definition) is 4. The molecule has 1 saturated heterocycles. The smallest absolute Gasteiger partial charge is 0.244 e. The molecule has 140 valence electrons. The monoisotopic (exact) mass is 376 g/mol. The minimum Gasteiger partial charge on any atom is -0.368 e. The zero-order valence-corrected chi connectivity index (χ0v) is 16.4. The molecule has 2 heterocycles. The van der Waals surface area contributed by atoms with Crippen molar-refractivity contribution in [3.63, 3.8) is 0 Å². The van der Waals surface area contributed by atoms with Gasteiger partial charge in [-0.05, 0) is 43.9 Å². The molecule has 1 aromatic carbocycles. The van der Waals surface area contributed by atoms with Crippen molar-refractivity contribution in [2.24, 2.45) is 0 Å². The van der Waals surface area contributed by atoms with E-state index in [4.69, 9.17) is 0 Å². The number of anilines is 1. The summed E-state index contributed by atoms with van der Waals surface area (Å²) in [4.78, 5) is 18.1. The second-order valence-corrected chi connectivity index (χ2v) is 7.40. The first kappa shape index (κ1) is 18.8. The number of aromatic nitrogens is 2. The first-order valence-electron chi connectivity index (χ1n) is 8.79. The van der Waals surface area contributed by atoms with Gasteiger partial charge >= 0.3 is 0 Å². The molecule has 7 heteroatoms. The minimum absolute atomic E-state index is 0.0403. The van der Waals surface area contributed by atoms with Crippen molar-refractivity contribution >= 4 is 23.4 Å². The van der Waals surface area contributed by atoms with Crippen LogP contribution in [0.5, 0.6) is 0 Å². The Hall–Kier alpha value is -2.02. The average molecular weight is 377 g/mol. The van der Waals surface area contributed by atoms with E-state index in [0.717, 1.165) is 24.3 Å². The number of alkyl halides is 1. The average Bonchev–Trinajstić information content (AvgIpc) is 2.96. The van der Waals surface area contributed by atoms with Crippen LogP contribution in [0.4, 0.5) is 10.1 Å². The van der Waals surface area contributed by atoms with E-state index in [1.165, 1.54) is 10.6 Å². The predicted octanol–water partition coefficient (Wildman–Crippen LogP) is 3.04. The van der Waals surface area contributed by atoms with Crippen LogP contribution in [0, 0.1) is 13.8 Å². The Labute approximate surface area is 158 Å². The summed E-state index contributed by atoms with van der Waals surface area (Å²) < 4.78 is 14.6. The van der Waals surface area contributed by atoms with E-state index in [1.807, 2.05) is 18.7 Å². The van der Waals surface area contributed by atoms with Crippen molar-refractivity contribution < 1.29 is 9.18 Å². The van der Waals surface area contributed by atoms with Gasteiger partial charge in [-0.3, -0.25) is 9.48 Å². The number of nitrogens with zero attached hydrogens (tertiary/aromatic N) is 4. The molecule has 0 unspecified atom stereocenters. The molecule has 1 amide bonds. The predicted molar refractivity (Wildman–Crippen MR) is 104 cm³/mol. The number of hydrogen-bond donors (Lipinski definition) is 0. The van der Waals surface area contributed by atoms with E-state index < -0.39 is 6.67 Å². The van der Waals surface area contributed by atoms with Crippen LogP contribution >= 0.6 is 11.8 Å². The Morgan fingerprint density at radius 2 is 1.96 bits per heavy atom. The van der Waals surface area contributed by atoms with Crippen molar-refractivity contribution in [2.75, 3.05) is 37.3 Å². The molecular formula is C19H25FN4OS. The van der Waals surface area contributed by atoms with Crippen molar-refractivity contribution in [1.29, 1.82) is 0 Å². The van der Waals surface area contributed by atoms with Gasteiger partial charge in [0.05, 0.1) is 5.69 Å². The van der Waals surface area contributed by atoms with Gasteiger partial charge in [0, 0.05) is 42.5 Å². The molecule has 1 aromatic heterocycles. The second-order valence-electron chi connectivity index (χ2n) is 6.52. The summed E-state index contributed by atoms with van der Waals surface area (Å²) in [5.41, 5.74) is 3.32. The van der Waals surface area contributed by atoms with Crippen LogP contribution in [-0.4, -0.2) is 53.0 Å². The van der Waals surface area contributed by atoms with Gasteiger partial charge in [0.1, 0.15) is 13.2 Å². The molecule has 1 aliphatic heterocycles. The van der Waals surface area contributed by atoms with Crippen LogP contribution in [0.1, 0.15) is 17.0 Å². The van der Waals surface area contributed by atoms with E-state index in [9.17, 15) is 9.18 Å². The molecule has 5 nitrogen and oxygen atoms in total. The maximum absolute atomic E-state index is 13.0. The number of amides is 1. The van der Waals surface area contributed by atoms with Crippen LogP contribution in [0.3, 0.4) is 0 Å². The van der Waals surface area contributed by atoms with E-state index >= 15 is 0 Å². The van der Waals surface area contributed by atoms with Crippen LogP contribution in [-0.2, 0) is 18.0 Å². The third kappa shape index (κ3) is 3.87. The van der Waals surface area contributed by atoms with Gasteiger partial charge < -0.3 is 9.80 Å². The standard InChI is InChI=1S/C19H25FN4OS/c1-14-15(2)24(21-18(14)12-20)13-19(25)23-9-7-22(8-10-23)16-5-4-6-17(11-16)26-3/h4-6,11H,7-10,12-13H2,1-3H3. The van der Waals surface area contributed by atoms with Crippen LogP contribution in [0.25, 0.3) is 0 Å². The van der Waals surface area contributed by atoms with Gasteiger partial charge in [-0.25, -0.2) is 4.39 Å². The van der Waals surface area contributed by atoms with Crippen molar-refractivity contribution in [3.05, 3.63) is 41.2 Å². The maximum atomic E-state index is 13.0. The minimum atomic E-state index is -0.596. The summed E-state index contributed by atoms with van der Waals surface area (Å²) in [7, 11) is 0. The van der Waals surface area contributed by atoms with Crippen LogP contribution < -0.4 is 4.90 Å². The van der Waals surface area contributed by atoms with Gasteiger partial charge in [-0.2, -0.15) is 5.10 Å². The van der Waals surface area contributed by atoms with Crippen molar-refractivity contribution in [1.82, 2.24) is 14.7 Å². The zero-order valence-electron chi connectivity index (χ0n) is 15.5. The highest BCUT2D eigenvalue weighted by molar-refractivity contribution is 7.98. The van der Waals surface area contributed by atoms with Crippen LogP contribution in [0.2, 0.25) is 0 Å². The highest BCUT2D eigenvalue weighted by Crippen LogP contribution is 2.23. The fourth-order valence-corrected chi connectivity index (χ4v) is 3.68. The highest BCUT2D eigenvalue weighted by atomic mass is 32.2. The highest BCUT2D eigenvalue weighted by Gasteiger charge is 2.23. The van der Waals surface area contributed by atoms with Crippen molar-refractivity contribution in [3.8, 4) is 0 Å². The molecule has 0 atom stereocenters. The Kier molecular flexibility index (Phi) is 5.86. The van der Waals surface area contributed by atoms with Crippen LogP contribution in [0.15, 0.2) is 29.2 Å². The number of halogens is 1. The van der Waals surface area contributed by atoms with E-state index in [1.54, 1.807) is 16.4 Å². The lowest BCUT2D eigenvalue weighted by Gasteiger charge is -2.36. The number of carbonyl (C=O) groups is 1. The first-order chi connectivity index (χ1) is 12.5. The number of carbonyl (C=O) groups excluding carboxylic acids is 1. The lowest BCUT2D eigenvalue weighted by atomic mass is 10.2. The fourth-order valence-electron chi connectivity index (χ4n) is 3.23. The SMILES string of the molecule is CSc1cccc(N2CCN(C(=O)Cn3nc(CF)c(C)c3C)CC2)c1.